The fourth-order valence-electron chi connectivity index (χ4n) is 6.55. The van der Waals surface area contributed by atoms with Gasteiger partial charge < -0.3 is 9.84 Å². The number of hydrogen-bond acceptors (Lipinski definition) is 2. The van der Waals surface area contributed by atoms with Gasteiger partial charge in [-0.1, -0.05) is 67.2 Å². The van der Waals surface area contributed by atoms with Gasteiger partial charge in [0.15, 0.2) is 0 Å². The summed E-state index contributed by atoms with van der Waals surface area (Å²) in [6.07, 6.45) is 7.84. The van der Waals surface area contributed by atoms with E-state index in [1.807, 2.05) is 6.07 Å². The minimum Gasteiger partial charge on any atom is -0.508 e. The molecule has 1 aromatic carbocycles. The van der Waals surface area contributed by atoms with E-state index in [1.54, 1.807) is 0 Å². The van der Waals surface area contributed by atoms with Crippen LogP contribution in [0.5, 0.6) is 11.5 Å². The van der Waals surface area contributed by atoms with Crippen molar-refractivity contribution in [1.29, 1.82) is 0 Å². The molecule has 1 N–H and O–H groups in total. The highest BCUT2D eigenvalue weighted by Gasteiger charge is 2.64. The Kier molecular flexibility index (Phi) is 4.56. The normalized spacial score (nSPS) is 33.0. The maximum Gasteiger partial charge on any atom is 0.127 e. The van der Waals surface area contributed by atoms with E-state index in [-0.39, 0.29) is 11.5 Å². The SMILES string of the molecule is CCCCCCC(C)(C)c1cc(O)c2c(c1)O[C@H]1[C@H](C)[C@@H]3C[C@H]([C@@H]21)C3(C)C. The summed E-state index contributed by atoms with van der Waals surface area (Å²) < 4.78 is 6.52. The van der Waals surface area contributed by atoms with E-state index >= 15 is 0 Å². The van der Waals surface area contributed by atoms with E-state index in [0.717, 1.165) is 23.7 Å². The van der Waals surface area contributed by atoms with Crippen LogP contribution in [0, 0.1) is 23.2 Å². The number of unbranched alkanes of at least 4 members (excludes halogenated alkanes) is 3. The molecule has 2 bridgehead atoms. The molecule has 0 aromatic heterocycles. The summed E-state index contributed by atoms with van der Waals surface area (Å²) in [5.41, 5.74) is 2.78. The number of benzene rings is 1. The van der Waals surface area contributed by atoms with Crippen LogP contribution in [0.4, 0.5) is 0 Å². The third kappa shape index (κ3) is 2.81. The molecule has 0 saturated heterocycles. The van der Waals surface area contributed by atoms with Crippen LogP contribution in [0.1, 0.15) is 97.1 Å². The number of phenolic OH excluding ortho intramolecular Hbond substituents is 1. The van der Waals surface area contributed by atoms with Gasteiger partial charge in [-0.2, -0.15) is 0 Å². The van der Waals surface area contributed by atoms with Crippen LogP contribution in [0.15, 0.2) is 12.1 Å². The molecule has 1 heterocycles. The topological polar surface area (TPSA) is 29.5 Å². The summed E-state index contributed by atoms with van der Waals surface area (Å²) >= 11 is 0. The second-order valence-corrected chi connectivity index (χ2v) is 10.8. The highest BCUT2D eigenvalue weighted by Crippen LogP contribution is 2.69. The van der Waals surface area contributed by atoms with Gasteiger partial charge in [0, 0.05) is 11.5 Å². The Labute approximate surface area is 165 Å². The van der Waals surface area contributed by atoms with Crippen molar-refractivity contribution >= 4 is 0 Å². The van der Waals surface area contributed by atoms with Crippen LogP contribution >= 0.6 is 0 Å². The number of hydrogen-bond donors (Lipinski definition) is 1. The average Bonchev–Trinajstić information content (AvgIpc) is 2.99. The third-order valence-corrected chi connectivity index (χ3v) is 8.51. The molecule has 2 heteroatoms. The molecule has 0 radical (unpaired) electrons. The Balaban J connectivity index is 1.61. The maximum atomic E-state index is 11.0. The van der Waals surface area contributed by atoms with Crippen molar-refractivity contribution < 1.29 is 9.84 Å². The molecule has 2 nitrogen and oxygen atoms in total. The first-order valence-electron chi connectivity index (χ1n) is 11.2. The van der Waals surface area contributed by atoms with E-state index in [4.69, 9.17) is 4.74 Å². The summed E-state index contributed by atoms with van der Waals surface area (Å²) in [6, 6.07) is 4.30. The van der Waals surface area contributed by atoms with Crippen LogP contribution in [0.3, 0.4) is 0 Å². The monoisotopic (exact) mass is 370 g/mol. The van der Waals surface area contributed by atoms with Crippen molar-refractivity contribution in [3.63, 3.8) is 0 Å². The Morgan fingerprint density at radius 1 is 1.15 bits per heavy atom. The molecule has 0 spiro atoms. The van der Waals surface area contributed by atoms with E-state index in [2.05, 4.69) is 47.6 Å². The number of fused-ring (bicyclic) bond motifs is 1. The van der Waals surface area contributed by atoms with Gasteiger partial charge in [-0.25, -0.2) is 0 Å². The van der Waals surface area contributed by atoms with Gasteiger partial charge in [-0.3, -0.25) is 0 Å². The molecular formula is C25H38O2. The lowest BCUT2D eigenvalue weighted by Crippen LogP contribution is -2.60. The van der Waals surface area contributed by atoms with Crippen molar-refractivity contribution in [2.24, 2.45) is 23.2 Å². The molecule has 1 aliphatic heterocycles. The molecule has 4 aliphatic rings. The smallest absolute Gasteiger partial charge is 0.127 e. The van der Waals surface area contributed by atoms with Crippen molar-refractivity contribution in [2.45, 2.75) is 97.5 Å². The molecule has 1 aromatic rings. The largest absolute Gasteiger partial charge is 0.508 e. The Hall–Kier alpha value is -1.18. The van der Waals surface area contributed by atoms with Gasteiger partial charge >= 0.3 is 0 Å². The van der Waals surface area contributed by atoms with Gasteiger partial charge in [-0.05, 0) is 59.1 Å². The summed E-state index contributed by atoms with van der Waals surface area (Å²) in [5.74, 6) is 3.78. The number of phenols is 1. The summed E-state index contributed by atoms with van der Waals surface area (Å²) in [6.45, 7) is 14.1. The van der Waals surface area contributed by atoms with E-state index in [1.165, 1.54) is 37.7 Å². The third-order valence-electron chi connectivity index (χ3n) is 8.51. The molecule has 5 rings (SSSR count). The number of rotatable bonds is 6. The quantitative estimate of drug-likeness (QED) is 0.558. The maximum absolute atomic E-state index is 11.0. The summed E-state index contributed by atoms with van der Waals surface area (Å²) in [5, 5.41) is 11.0. The van der Waals surface area contributed by atoms with Crippen molar-refractivity contribution in [2.75, 3.05) is 0 Å². The van der Waals surface area contributed by atoms with Crippen molar-refractivity contribution in [3.8, 4) is 11.5 Å². The van der Waals surface area contributed by atoms with Gasteiger partial charge in [0.25, 0.3) is 0 Å². The van der Waals surface area contributed by atoms with E-state index < -0.39 is 0 Å². The van der Waals surface area contributed by atoms with Gasteiger partial charge in [0.2, 0.25) is 0 Å². The van der Waals surface area contributed by atoms with E-state index in [9.17, 15) is 5.11 Å². The molecular weight excluding hydrogens is 332 g/mol. The zero-order valence-corrected chi connectivity index (χ0v) is 18.1. The average molecular weight is 371 g/mol. The van der Waals surface area contributed by atoms with Crippen LogP contribution in [0.25, 0.3) is 0 Å². The second kappa shape index (κ2) is 6.42. The summed E-state index contributed by atoms with van der Waals surface area (Å²) in [4.78, 5) is 0. The molecule has 0 amide bonds. The van der Waals surface area contributed by atoms with Gasteiger partial charge in [0.05, 0.1) is 0 Å². The fourth-order valence-corrected chi connectivity index (χ4v) is 6.55. The van der Waals surface area contributed by atoms with Crippen molar-refractivity contribution in [3.05, 3.63) is 23.3 Å². The molecule has 3 fully saturated rings. The zero-order valence-electron chi connectivity index (χ0n) is 18.1. The standard InChI is InChI=1S/C25H38O2/c1-7-8-9-10-11-24(3,4)16-12-19(26)22-20(13-16)27-23-15(2)17-14-18(21(22)23)25(17,5)6/h12-13,15,17-18,21,23,26H,7-11,14H2,1-6H3/t15-,17+,18-,21+,23+/m1/s1. The number of ether oxygens (including phenoxy) is 1. The predicted octanol–water partition coefficient (Wildman–Crippen LogP) is 6.80. The minimum atomic E-state index is 0.0738. The first-order valence-corrected chi connectivity index (χ1v) is 11.2. The Morgan fingerprint density at radius 3 is 2.56 bits per heavy atom. The Morgan fingerprint density at radius 2 is 1.89 bits per heavy atom. The lowest BCUT2D eigenvalue weighted by atomic mass is 9.41. The van der Waals surface area contributed by atoms with Crippen molar-refractivity contribution in [1.82, 2.24) is 0 Å². The molecule has 27 heavy (non-hydrogen) atoms. The van der Waals surface area contributed by atoms with Crippen LogP contribution in [-0.4, -0.2) is 11.2 Å². The Bertz CT molecular complexity index is 717. The summed E-state index contributed by atoms with van der Waals surface area (Å²) in [7, 11) is 0. The van der Waals surface area contributed by atoms with Gasteiger partial charge in [0.1, 0.15) is 17.6 Å². The minimum absolute atomic E-state index is 0.0738. The first-order chi connectivity index (χ1) is 12.7. The molecule has 5 atom stereocenters. The lowest BCUT2D eigenvalue weighted by Gasteiger charge is -2.63. The first kappa shape index (κ1) is 19.2. The highest BCUT2D eigenvalue weighted by molar-refractivity contribution is 5.55. The second-order valence-electron chi connectivity index (χ2n) is 10.8. The van der Waals surface area contributed by atoms with Crippen LogP contribution < -0.4 is 4.74 Å². The molecule has 3 saturated carbocycles. The van der Waals surface area contributed by atoms with E-state index in [0.29, 0.717) is 28.9 Å². The zero-order chi connectivity index (χ0) is 19.6. The molecule has 3 aliphatic carbocycles. The lowest BCUT2D eigenvalue weighted by molar-refractivity contribution is -0.153. The molecule has 150 valence electrons. The van der Waals surface area contributed by atoms with Crippen LogP contribution in [-0.2, 0) is 5.41 Å². The predicted molar refractivity (Wildman–Crippen MR) is 112 cm³/mol. The fraction of sp³-hybridized carbons (Fsp3) is 0.760. The highest BCUT2D eigenvalue weighted by atomic mass is 16.5. The molecule has 0 unspecified atom stereocenters. The number of aromatic hydroxyl groups is 1. The van der Waals surface area contributed by atoms with Crippen LogP contribution in [0.2, 0.25) is 0 Å². The van der Waals surface area contributed by atoms with Gasteiger partial charge in [-0.15, -0.1) is 0 Å².